The molecule has 0 aromatic heterocycles. The summed E-state index contributed by atoms with van der Waals surface area (Å²) in [6.07, 6.45) is -0.708. The van der Waals surface area contributed by atoms with E-state index in [2.05, 4.69) is 5.32 Å². The average Bonchev–Trinajstić information content (AvgIpc) is 2.80. The number of para-hydroxylation sites is 1. The summed E-state index contributed by atoms with van der Waals surface area (Å²) in [6.45, 7) is 1.64. The Kier molecular flexibility index (Phi) is 4.04. The number of nitrogens with one attached hydrogen (secondary N) is 1. The van der Waals surface area contributed by atoms with Gasteiger partial charge in [0.05, 0.1) is 11.1 Å². The maximum atomic E-state index is 12.2. The number of hydrogen-bond donors (Lipinski definition) is 1. The molecule has 0 unspecified atom stereocenters. The second-order valence-electron chi connectivity index (χ2n) is 5.49. The van der Waals surface area contributed by atoms with Crippen LogP contribution in [0.2, 0.25) is 0 Å². The van der Waals surface area contributed by atoms with Crippen LogP contribution in [0, 0.1) is 0 Å². The van der Waals surface area contributed by atoms with Crippen LogP contribution in [0.1, 0.15) is 27.6 Å². The molecule has 3 rings (SSSR count). The molecule has 2 aromatic rings. The van der Waals surface area contributed by atoms with Gasteiger partial charge in [-0.25, -0.2) is 0 Å². The zero-order valence-corrected chi connectivity index (χ0v) is 13.3. The summed E-state index contributed by atoms with van der Waals surface area (Å²) in [7, 11) is 1.43. The Morgan fingerprint density at radius 1 is 1.04 bits per heavy atom. The molecular weight excluding hydrogens is 308 g/mol. The molecule has 1 aliphatic heterocycles. The van der Waals surface area contributed by atoms with Crippen LogP contribution < -0.4 is 10.1 Å². The van der Waals surface area contributed by atoms with E-state index in [-0.39, 0.29) is 23.3 Å². The summed E-state index contributed by atoms with van der Waals surface area (Å²) in [5.41, 5.74) is 1.07. The molecule has 0 saturated heterocycles. The molecule has 0 fully saturated rings. The van der Waals surface area contributed by atoms with E-state index in [9.17, 15) is 14.4 Å². The highest BCUT2D eigenvalue weighted by Gasteiger charge is 2.32. The zero-order chi connectivity index (χ0) is 17.3. The molecule has 3 amide bonds. The average molecular weight is 324 g/mol. The molecule has 1 atom stereocenters. The minimum absolute atomic E-state index is 0.289. The van der Waals surface area contributed by atoms with Gasteiger partial charge < -0.3 is 10.1 Å². The van der Waals surface area contributed by atoms with Crippen LogP contribution in [0.5, 0.6) is 5.75 Å². The third-order valence-electron chi connectivity index (χ3n) is 3.78. The Morgan fingerprint density at radius 2 is 1.71 bits per heavy atom. The van der Waals surface area contributed by atoms with E-state index in [1.807, 2.05) is 18.2 Å². The van der Waals surface area contributed by atoms with Crippen molar-refractivity contribution < 1.29 is 19.1 Å². The van der Waals surface area contributed by atoms with Crippen LogP contribution in [0.15, 0.2) is 48.5 Å². The minimum atomic E-state index is -0.708. The van der Waals surface area contributed by atoms with E-state index in [1.54, 1.807) is 25.1 Å². The Morgan fingerprint density at radius 3 is 2.42 bits per heavy atom. The standard InChI is InChI=1S/C18H16N2O4/c1-11(24-13-6-4-3-5-7-13)16(21)19-12-8-9-14-15(10-12)18(23)20(2)17(14)22/h3-11H,1-2H3,(H,19,21)/t11-/m1/s1. The fraction of sp³-hybridized carbons (Fsp3) is 0.167. The third kappa shape index (κ3) is 2.86. The van der Waals surface area contributed by atoms with Gasteiger partial charge >= 0.3 is 0 Å². The Bertz CT molecular complexity index is 817. The largest absolute Gasteiger partial charge is 0.481 e. The number of ether oxygens (including phenoxy) is 1. The van der Waals surface area contributed by atoms with Crippen molar-refractivity contribution in [3.8, 4) is 5.75 Å². The van der Waals surface area contributed by atoms with Crippen LogP contribution in [0.4, 0.5) is 5.69 Å². The number of nitrogens with zero attached hydrogens (tertiary/aromatic N) is 1. The fourth-order valence-electron chi connectivity index (χ4n) is 2.44. The van der Waals surface area contributed by atoms with Crippen molar-refractivity contribution in [2.45, 2.75) is 13.0 Å². The lowest BCUT2D eigenvalue weighted by atomic mass is 10.1. The molecule has 0 bridgehead atoms. The van der Waals surface area contributed by atoms with Crippen molar-refractivity contribution in [2.24, 2.45) is 0 Å². The van der Waals surface area contributed by atoms with Crippen LogP contribution in [-0.4, -0.2) is 35.8 Å². The lowest BCUT2D eigenvalue weighted by molar-refractivity contribution is -0.122. The second kappa shape index (κ2) is 6.16. The summed E-state index contributed by atoms with van der Waals surface area (Å²) in [5.74, 6) is -0.464. The SMILES string of the molecule is C[C@@H](Oc1ccccc1)C(=O)Nc1ccc2c(c1)C(=O)N(C)C2=O. The molecule has 0 radical (unpaired) electrons. The van der Waals surface area contributed by atoms with Gasteiger partial charge in [0.2, 0.25) is 0 Å². The van der Waals surface area contributed by atoms with E-state index in [0.29, 0.717) is 17.0 Å². The van der Waals surface area contributed by atoms with Crippen molar-refractivity contribution in [3.63, 3.8) is 0 Å². The zero-order valence-electron chi connectivity index (χ0n) is 13.3. The number of fused-ring (bicyclic) bond motifs is 1. The van der Waals surface area contributed by atoms with Crippen molar-refractivity contribution in [1.82, 2.24) is 4.90 Å². The lowest BCUT2D eigenvalue weighted by Gasteiger charge is -2.14. The highest BCUT2D eigenvalue weighted by Crippen LogP contribution is 2.25. The van der Waals surface area contributed by atoms with Crippen LogP contribution in [0.3, 0.4) is 0 Å². The van der Waals surface area contributed by atoms with E-state index >= 15 is 0 Å². The Balaban J connectivity index is 1.72. The number of hydrogen-bond acceptors (Lipinski definition) is 4. The number of carbonyl (C=O) groups is 3. The monoisotopic (exact) mass is 324 g/mol. The van der Waals surface area contributed by atoms with Gasteiger partial charge in [-0.2, -0.15) is 0 Å². The molecule has 1 aliphatic rings. The maximum Gasteiger partial charge on any atom is 0.265 e. The Hall–Kier alpha value is -3.15. The van der Waals surface area contributed by atoms with Gasteiger partial charge in [-0.15, -0.1) is 0 Å². The first kappa shape index (κ1) is 15.7. The van der Waals surface area contributed by atoms with E-state index < -0.39 is 6.10 Å². The minimum Gasteiger partial charge on any atom is -0.481 e. The predicted molar refractivity (Wildman–Crippen MR) is 88.0 cm³/mol. The summed E-state index contributed by atoms with van der Waals surface area (Å²) >= 11 is 0. The normalized spacial score (nSPS) is 14.3. The molecule has 122 valence electrons. The summed E-state index contributed by atoms with van der Waals surface area (Å²) in [4.78, 5) is 37.1. The van der Waals surface area contributed by atoms with Crippen molar-refractivity contribution in [2.75, 3.05) is 12.4 Å². The molecule has 0 spiro atoms. The third-order valence-corrected chi connectivity index (χ3v) is 3.78. The number of benzene rings is 2. The second-order valence-corrected chi connectivity index (χ2v) is 5.49. The quantitative estimate of drug-likeness (QED) is 0.876. The van der Waals surface area contributed by atoms with Crippen LogP contribution in [0.25, 0.3) is 0 Å². The lowest BCUT2D eigenvalue weighted by Crippen LogP contribution is -2.30. The fourth-order valence-corrected chi connectivity index (χ4v) is 2.44. The molecule has 24 heavy (non-hydrogen) atoms. The molecule has 6 nitrogen and oxygen atoms in total. The number of rotatable bonds is 4. The van der Waals surface area contributed by atoms with Crippen LogP contribution in [-0.2, 0) is 4.79 Å². The predicted octanol–water partition coefficient (Wildman–Crippen LogP) is 2.32. The molecule has 0 saturated carbocycles. The first-order valence-electron chi connectivity index (χ1n) is 7.46. The first-order valence-corrected chi connectivity index (χ1v) is 7.46. The molecule has 1 N–H and O–H groups in total. The molecular formula is C18H16N2O4. The van der Waals surface area contributed by atoms with Gasteiger partial charge in [0.15, 0.2) is 6.10 Å². The maximum absolute atomic E-state index is 12.2. The van der Waals surface area contributed by atoms with Crippen molar-refractivity contribution >= 4 is 23.4 Å². The molecule has 0 aliphatic carbocycles. The van der Waals surface area contributed by atoms with E-state index in [1.165, 1.54) is 19.2 Å². The number of carbonyl (C=O) groups excluding carboxylic acids is 3. The number of amides is 3. The van der Waals surface area contributed by atoms with Gasteiger partial charge in [-0.05, 0) is 37.3 Å². The summed E-state index contributed by atoms with van der Waals surface area (Å²) in [5, 5.41) is 2.70. The number of anilines is 1. The van der Waals surface area contributed by atoms with Gasteiger partial charge in [0.25, 0.3) is 17.7 Å². The van der Waals surface area contributed by atoms with E-state index in [0.717, 1.165) is 4.90 Å². The topological polar surface area (TPSA) is 75.7 Å². The van der Waals surface area contributed by atoms with Crippen LogP contribution >= 0.6 is 0 Å². The summed E-state index contributed by atoms with van der Waals surface area (Å²) < 4.78 is 5.55. The highest BCUT2D eigenvalue weighted by molar-refractivity contribution is 6.21. The smallest absolute Gasteiger partial charge is 0.265 e. The highest BCUT2D eigenvalue weighted by atomic mass is 16.5. The first-order chi connectivity index (χ1) is 11.5. The Labute approximate surface area is 139 Å². The van der Waals surface area contributed by atoms with Gasteiger partial charge in [0.1, 0.15) is 5.75 Å². The molecule has 2 aromatic carbocycles. The van der Waals surface area contributed by atoms with Gasteiger partial charge in [0, 0.05) is 12.7 Å². The van der Waals surface area contributed by atoms with E-state index in [4.69, 9.17) is 4.74 Å². The molecule has 6 heteroatoms. The van der Waals surface area contributed by atoms with Crippen molar-refractivity contribution in [3.05, 3.63) is 59.7 Å². The van der Waals surface area contributed by atoms with Crippen molar-refractivity contribution in [1.29, 1.82) is 0 Å². The van der Waals surface area contributed by atoms with Gasteiger partial charge in [-0.3, -0.25) is 19.3 Å². The molecule has 1 heterocycles. The van der Waals surface area contributed by atoms with Gasteiger partial charge in [-0.1, -0.05) is 18.2 Å². The summed E-state index contributed by atoms with van der Waals surface area (Å²) in [6, 6.07) is 13.7. The number of imide groups is 1.